The molecule has 0 amide bonds. The third-order valence-electron chi connectivity index (χ3n) is 4.22. The first kappa shape index (κ1) is 14.6. The zero-order valence-corrected chi connectivity index (χ0v) is 13.8. The molecule has 2 fully saturated rings. The van der Waals surface area contributed by atoms with Gasteiger partial charge >= 0.3 is 5.69 Å². The summed E-state index contributed by atoms with van der Waals surface area (Å²) in [5.74, 6) is 1.34. The van der Waals surface area contributed by atoms with Crippen LogP contribution >= 0.6 is 22.6 Å². The number of aliphatic hydroxyl groups excluding tert-OH is 2. The van der Waals surface area contributed by atoms with Gasteiger partial charge < -0.3 is 19.4 Å². The molecule has 2 aliphatic rings. The molecular weight excluding hydrogens is 403 g/mol. The van der Waals surface area contributed by atoms with E-state index in [4.69, 9.17) is 14.3 Å². The molecule has 0 radical (unpaired) electrons. The molecule has 0 aromatic carbocycles. The summed E-state index contributed by atoms with van der Waals surface area (Å²) in [7, 11) is 0. The first-order valence-electron chi connectivity index (χ1n) is 7.24. The van der Waals surface area contributed by atoms with Crippen LogP contribution < -0.4 is 5.69 Å². The Morgan fingerprint density at radius 3 is 2.86 bits per heavy atom. The van der Waals surface area contributed by atoms with Crippen molar-refractivity contribution in [1.29, 1.82) is 0 Å². The van der Waals surface area contributed by atoms with E-state index in [1.165, 1.54) is 4.57 Å². The van der Waals surface area contributed by atoms with Gasteiger partial charge in [-0.1, -0.05) is 0 Å². The molecule has 3 atom stereocenters. The number of aliphatic hydroxyl groups is 2. The maximum absolute atomic E-state index is 12.2. The monoisotopic (exact) mass is 418 g/mol. The molecule has 1 aliphatic heterocycles. The van der Waals surface area contributed by atoms with Gasteiger partial charge in [-0.25, -0.2) is 4.79 Å². The first-order valence-corrected chi connectivity index (χ1v) is 8.32. The number of nitrogens with zero attached hydrogens (tertiary/aromatic N) is 2. The lowest BCUT2D eigenvalue weighted by Gasteiger charge is -2.13. The van der Waals surface area contributed by atoms with Gasteiger partial charge in [0.15, 0.2) is 0 Å². The lowest BCUT2D eigenvalue weighted by atomic mass is 10.2. The standard InChI is InChI=1S/C14H15IN2O5/c15-11-7-4-17(10-3-8(19)9(5-18)21-10)14(20)16-13(7)22-12(11)6-1-2-6/h4,6,8-10,18-19H,1-3,5H2/t8-,9+,10+/m0/s1. The number of furan rings is 1. The van der Waals surface area contributed by atoms with Gasteiger partial charge in [0.2, 0.25) is 5.71 Å². The molecule has 1 saturated carbocycles. The third kappa shape index (κ3) is 2.29. The molecule has 8 heteroatoms. The Bertz CT molecular complexity index is 781. The van der Waals surface area contributed by atoms with Crippen molar-refractivity contribution in [2.24, 2.45) is 0 Å². The van der Waals surface area contributed by atoms with Gasteiger partial charge in [-0.2, -0.15) is 4.98 Å². The Kier molecular flexibility index (Phi) is 3.51. The highest BCUT2D eigenvalue weighted by Crippen LogP contribution is 2.44. The van der Waals surface area contributed by atoms with E-state index in [1.54, 1.807) is 6.20 Å². The summed E-state index contributed by atoms with van der Waals surface area (Å²) in [6.07, 6.45) is 2.07. The first-order chi connectivity index (χ1) is 10.6. The Labute approximate surface area is 139 Å². The Morgan fingerprint density at radius 2 is 2.23 bits per heavy atom. The largest absolute Gasteiger partial charge is 0.441 e. The summed E-state index contributed by atoms with van der Waals surface area (Å²) in [5, 5.41) is 19.8. The zero-order chi connectivity index (χ0) is 15.4. The van der Waals surface area contributed by atoms with Crippen molar-refractivity contribution in [3.05, 3.63) is 26.0 Å². The molecule has 1 saturated heterocycles. The molecule has 22 heavy (non-hydrogen) atoms. The van der Waals surface area contributed by atoms with Crippen molar-refractivity contribution in [3.63, 3.8) is 0 Å². The van der Waals surface area contributed by atoms with Crippen LogP contribution in [0.25, 0.3) is 11.1 Å². The molecule has 2 N–H and O–H groups in total. The Hall–Kier alpha value is -0.970. The molecule has 1 aliphatic carbocycles. The summed E-state index contributed by atoms with van der Waals surface area (Å²) in [4.78, 5) is 16.2. The molecule has 2 aromatic rings. The van der Waals surface area contributed by atoms with Crippen LogP contribution in [0.4, 0.5) is 0 Å². The molecule has 0 spiro atoms. The molecule has 7 nitrogen and oxygen atoms in total. The van der Waals surface area contributed by atoms with E-state index in [-0.39, 0.29) is 13.0 Å². The van der Waals surface area contributed by atoms with E-state index in [1.807, 2.05) is 0 Å². The van der Waals surface area contributed by atoms with E-state index < -0.39 is 24.1 Å². The SMILES string of the molecule is O=c1nc2oc(C3CC3)c(I)c2cn1[C@H]1C[C@H](O)[C@@H](CO)O1. The van der Waals surface area contributed by atoms with Gasteiger partial charge in [0, 0.05) is 18.5 Å². The van der Waals surface area contributed by atoms with Crippen molar-refractivity contribution in [2.75, 3.05) is 6.61 Å². The second-order valence-electron chi connectivity index (χ2n) is 5.82. The number of hydrogen-bond donors (Lipinski definition) is 2. The predicted octanol–water partition coefficient (Wildman–Crippen LogP) is 1.11. The number of rotatable bonds is 3. The van der Waals surface area contributed by atoms with Gasteiger partial charge in [-0.05, 0) is 35.4 Å². The average molecular weight is 418 g/mol. The molecular formula is C14H15IN2O5. The number of fused-ring (bicyclic) bond motifs is 1. The van der Waals surface area contributed by atoms with E-state index >= 15 is 0 Å². The fourth-order valence-electron chi connectivity index (χ4n) is 2.83. The minimum absolute atomic E-state index is 0.252. The highest BCUT2D eigenvalue weighted by Gasteiger charge is 2.36. The molecule has 3 heterocycles. The fraction of sp³-hybridized carbons (Fsp3) is 0.571. The second kappa shape index (κ2) is 5.29. The van der Waals surface area contributed by atoms with Gasteiger partial charge in [0.05, 0.1) is 21.7 Å². The Morgan fingerprint density at radius 1 is 1.45 bits per heavy atom. The van der Waals surface area contributed by atoms with E-state index in [9.17, 15) is 9.90 Å². The zero-order valence-electron chi connectivity index (χ0n) is 11.6. The van der Waals surface area contributed by atoms with Gasteiger partial charge in [0.1, 0.15) is 18.1 Å². The lowest BCUT2D eigenvalue weighted by molar-refractivity contribution is -0.0457. The number of aromatic nitrogens is 2. The predicted molar refractivity (Wildman–Crippen MR) is 84.6 cm³/mol. The van der Waals surface area contributed by atoms with Crippen LogP contribution in [0.2, 0.25) is 0 Å². The van der Waals surface area contributed by atoms with Crippen molar-refractivity contribution in [2.45, 2.75) is 43.6 Å². The van der Waals surface area contributed by atoms with Crippen LogP contribution in [0.15, 0.2) is 15.4 Å². The topological polar surface area (TPSA) is 97.7 Å². The molecule has 0 bridgehead atoms. The number of hydrogen-bond acceptors (Lipinski definition) is 6. The summed E-state index contributed by atoms with van der Waals surface area (Å²) in [5.41, 5.74) is -0.124. The third-order valence-corrected chi connectivity index (χ3v) is 5.33. The van der Waals surface area contributed by atoms with Gasteiger partial charge in [-0.15, -0.1) is 0 Å². The van der Waals surface area contributed by atoms with Crippen LogP contribution in [-0.4, -0.2) is 38.6 Å². The van der Waals surface area contributed by atoms with Crippen molar-refractivity contribution >= 4 is 33.7 Å². The molecule has 2 aromatic heterocycles. The highest BCUT2D eigenvalue weighted by atomic mass is 127. The molecule has 0 unspecified atom stereocenters. The van der Waals surface area contributed by atoms with E-state index in [0.717, 1.165) is 27.6 Å². The second-order valence-corrected chi connectivity index (χ2v) is 6.90. The summed E-state index contributed by atoms with van der Waals surface area (Å²) < 4.78 is 13.6. The summed E-state index contributed by atoms with van der Waals surface area (Å²) in [6.45, 7) is -0.281. The van der Waals surface area contributed by atoms with Crippen LogP contribution in [0.1, 0.15) is 37.2 Å². The van der Waals surface area contributed by atoms with Crippen LogP contribution in [0.5, 0.6) is 0 Å². The highest BCUT2D eigenvalue weighted by molar-refractivity contribution is 14.1. The van der Waals surface area contributed by atoms with E-state index in [0.29, 0.717) is 11.6 Å². The van der Waals surface area contributed by atoms with Crippen molar-refractivity contribution in [3.8, 4) is 0 Å². The summed E-state index contributed by atoms with van der Waals surface area (Å²) >= 11 is 2.22. The summed E-state index contributed by atoms with van der Waals surface area (Å²) in [6, 6.07) is 0. The smallest absolute Gasteiger partial charge is 0.353 e. The van der Waals surface area contributed by atoms with E-state index in [2.05, 4.69) is 27.6 Å². The van der Waals surface area contributed by atoms with Crippen molar-refractivity contribution < 1.29 is 19.4 Å². The van der Waals surface area contributed by atoms with Crippen molar-refractivity contribution in [1.82, 2.24) is 9.55 Å². The molecule has 4 rings (SSSR count). The Balaban J connectivity index is 1.77. The average Bonchev–Trinajstić information content (AvgIpc) is 3.20. The normalized spacial score (nSPS) is 28.6. The minimum atomic E-state index is -0.789. The maximum atomic E-state index is 12.2. The number of halogens is 1. The molecule has 118 valence electrons. The minimum Gasteiger partial charge on any atom is -0.441 e. The lowest BCUT2D eigenvalue weighted by Crippen LogP contribution is -2.27. The van der Waals surface area contributed by atoms with Crippen LogP contribution in [-0.2, 0) is 4.74 Å². The van der Waals surface area contributed by atoms with Gasteiger partial charge in [0.25, 0.3) is 0 Å². The van der Waals surface area contributed by atoms with Crippen LogP contribution in [0, 0.1) is 3.57 Å². The quantitative estimate of drug-likeness (QED) is 0.726. The number of ether oxygens (including phenoxy) is 1. The fourth-order valence-corrected chi connectivity index (χ4v) is 3.75. The van der Waals surface area contributed by atoms with Crippen LogP contribution in [0.3, 0.4) is 0 Å². The van der Waals surface area contributed by atoms with Gasteiger partial charge in [-0.3, -0.25) is 4.57 Å². The maximum Gasteiger partial charge on any atom is 0.353 e.